The smallest absolute Gasteiger partial charge is 0.122 e. The van der Waals surface area contributed by atoms with E-state index >= 15 is 0 Å². The van der Waals surface area contributed by atoms with Gasteiger partial charge in [-0.2, -0.15) is 5.26 Å². The first-order chi connectivity index (χ1) is 6.15. The Balaban J connectivity index is 2.84. The van der Waals surface area contributed by atoms with Crippen LogP contribution < -0.4 is 5.73 Å². The van der Waals surface area contributed by atoms with Crippen molar-refractivity contribution in [3.63, 3.8) is 0 Å². The van der Waals surface area contributed by atoms with Crippen molar-refractivity contribution in [2.45, 2.75) is 26.3 Å². The number of hydrogen-bond acceptors (Lipinski definition) is 3. The summed E-state index contributed by atoms with van der Waals surface area (Å²) < 4.78 is 5.04. The largest absolute Gasteiger partial charge is 0.472 e. The molecule has 0 saturated carbocycles. The highest BCUT2D eigenvalue weighted by atomic mass is 16.3. The molecule has 0 aliphatic carbocycles. The van der Waals surface area contributed by atoms with Crippen LogP contribution in [0.15, 0.2) is 16.9 Å². The molecule has 1 heterocycles. The molecule has 1 unspecified atom stereocenters. The van der Waals surface area contributed by atoms with Crippen molar-refractivity contribution in [1.82, 2.24) is 0 Å². The summed E-state index contributed by atoms with van der Waals surface area (Å²) in [5.74, 6) is 0.544. The Bertz CT molecular complexity index is 309. The summed E-state index contributed by atoms with van der Waals surface area (Å²) in [4.78, 5) is 0. The van der Waals surface area contributed by atoms with Crippen molar-refractivity contribution in [3.05, 3.63) is 23.7 Å². The highest BCUT2D eigenvalue weighted by Crippen LogP contribution is 2.20. The van der Waals surface area contributed by atoms with Gasteiger partial charge in [0.15, 0.2) is 0 Å². The van der Waals surface area contributed by atoms with E-state index in [2.05, 4.69) is 13.8 Å². The van der Waals surface area contributed by atoms with E-state index in [4.69, 9.17) is 15.4 Å². The minimum Gasteiger partial charge on any atom is -0.472 e. The van der Waals surface area contributed by atoms with Gasteiger partial charge in [0.25, 0.3) is 0 Å². The number of nitrogens with zero attached hydrogens (tertiary/aromatic N) is 1. The zero-order valence-corrected chi connectivity index (χ0v) is 7.95. The zero-order chi connectivity index (χ0) is 9.84. The molecule has 0 saturated heterocycles. The quantitative estimate of drug-likeness (QED) is 0.770. The lowest BCUT2D eigenvalue weighted by Gasteiger charge is -2.05. The lowest BCUT2D eigenvalue weighted by Crippen LogP contribution is -2.09. The highest BCUT2D eigenvalue weighted by Gasteiger charge is 2.13. The van der Waals surface area contributed by atoms with Crippen LogP contribution in [0.25, 0.3) is 0 Å². The summed E-state index contributed by atoms with van der Waals surface area (Å²) >= 11 is 0. The van der Waals surface area contributed by atoms with Crippen molar-refractivity contribution in [1.29, 1.82) is 5.26 Å². The van der Waals surface area contributed by atoms with E-state index < -0.39 is 6.04 Å². The Morgan fingerprint density at radius 3 is 2.77 bits per heavy atom. The van der Waals surface area contributed by atoms with Crippen LogP contribution in [0.1, 0.15) is 31.0 Å². The Kier molecular flexibility index (Phi) is 3.10. The van der Waals surface area contributed by atoms with Gasteiger partial charge in [-0.05, 0) is 17.9 Å². The fourth-order valence-corrected chi connectivity index (χ4v) is 1.28. The van der Waals surface area contributed by atoms with Crippen LogP contribution >= 0.6 is 0 Å². The maximum absolute atomic E-state index is 8.65. The van der Waals surface area contributed by atoms with Crippen LogP contribution in [-0.4, -0.2) is 0 Å². The van der Waals surface area contributed by atoms with Gasteiger partial charge in [0.2, 0.25) is 0 Å². The summed E-state index contributed by atoms with van der Waals surface area (Å²) in [6.07, 6.45) is 4.14. The van der Waals surface area contributed by atoms with Gasteiger partial charge in [0.05, 0.1) is 18.6 Å². The van der Waals surface area contributed by atoms with E-state index in [1.165, 1.54) is 0 Å². The van der Waals surface area contributed by atoms with Gasteiger partial charge >= 0.3 is 0 Å². The molecule has 0 amide bonds. The predicted molar refractivity (Wildman–Crippen MR) is 49.8 cm³/mol. The van der Waals surface area contributed by atoms with Crippen LogP contribution in [0.4, 0.5) is 0 Å². The molecule has 70 valence electrons. The van der Waals surface area contributed by atoms with Gasteiger partial charge in [-0.3, -0.25) is 0 Å². The van der Waals surface area contributed by atoms with E-state index in [-0.39, 0.29) is 0 Å². The van der Waals surface area contributed by atoms with Gasteiger partial charge in [0.1, 0.15) is 6.04 Å². The summed E-state index contributed by atoms with van der Waals surface area (Å²) in [7, 11) is 0. The maximum Gasteiger partial charge on any atom is 0.122 e. The fourth-order valence-electron chi connectivity index (χ4n) is 1.28. The molecule has 1 aromatic rings. The van der Waals surface area contributed by atoms with Crippen molar-refractivity contribution >= 4 is 0 Å². The Morgan fingerprint density at radius 2 is 2.23 bits per heavy atom. The number of furan rings is 1. The molecule has 1 atom stereocenters. The molecular weight excluding hydrogens is 164 g/mol. The number of rotatable bonds is 3. The topological polar surface area (TPSA) is 62.9 Å². The minimum absolute atomic E-state index is 0.544. The predicted octanol–water partition coefficient (Wildman–Crippen LogP) is 2.00. The summed E-state index contributed by atoms with van der Waals surface area (Å²) in [6, 6.07) is 1.44. The molecule has 0 aliphatic heterocycles. The molecule has 0 spiro atoms. The van der Waals surface area contributed by atoms with Crippen molar-refractivity contribution < 1.29 is 4.42 Å². The molecular formula is C10H14N2O. The Labute approximate surface area is 78.1 Å². The highest BCUT2D eigenvalue weighted by molar-refractivity contribution is 5.28. The molecule has 1 rings (SSSR count). The number of nitriles is 1. The molecule has 0 aromatic carbocycles. The zero-order valence-electron chi connectivity index (χ0n) is 7.95. The van der Waals surface area contributed by atoms with E-state index in [1.54, 1.807) is 12.5 Å². The normalized spacial score (nSPS) is 12.8. The monoisotopic (exact) mass is 178 g/mol. The van der Waals surface area contributed by atoms with Crippen LogP contribution in [0.5, 0.6) is 0 Å². The fraction of sp³-hybridized carbons (Fsp3) is 0.500. The van der Waals surface area contributed by atoms with E-state index in [0.29, 0.717) is 5.92 Å². The van der Waals surface area contributed by atoms with Crippen molar-refractivity contribution in [2.75, 3.05) is 0 Å². The molecule has 3 heteroatoms. The van der Waals surface area contributed by atoms with Gasteiger partial charge in [-0.1, -0.05) is 13.8 Å². The third kappa shape index (κ3) is 2.33. The first-order valence-corrected chi connectivity index (χ1v) is 4.35. The van der Waals surface area contributed by atoms with Crippen molar-refractivity contribution in [3.8, 4) is 6.07 Å². The molecule has 0 radical (unpaired) electrons. The van der Waals surface area contributed by atoms with Gasteiger partial charge in [-0.15, -0.1) is 0 Å². The molecule has 0 bridgehead atoms. The molecule has 3 nitrogen and oxygen atoms in total. The molecule has 13 heavy (non-hydrogen) atoms. The van der Waals surface area contributed by atoms with Gasteiger partial charge in [-0.25, -0.2) is 0 Å². The van der Waals surface area contributed by atoms with E-state index in [9.17, 15) is 0 Å². The second-order valence-corrected chi connectivity index (χ2v) is 3.56. The third-order valence-electron chi connectivity index (χ3n) is 1.88. The standard InChI is InChI=1S/C10H14N2O/c1-7(2)3-8-5-13-6-9(8)10(12)4-11/h5-7,10H,3,12H2,1-2H3. The molecule has 0 aliphatic rings. The van der Waals surface area contributed by atoms with Crippen LogP contribution in [0.2, 0.25) is 0 Å². The van der Waals surface area contributed by atoms with Crippen LogP contribution in [-0.2, 0) is 6.42 Å². The molecule has 2 N–H and O–H groups in total. The van der Waals surface area contributed by atoms with Crippen LogP contribution in [0, 0.1) is 17.2 Å². The first kappa shape index (κ1) is 9.82. The van der Waals surface area contributed by atoms with Gasteiger partial charge < -0.3 is 10.2 Å². The van der Waals surface area contributed by atoms with Gasteiger partial charge in [0, 0.05) is 5.56 Å². The average Bonchev–Trinajstić information content (AvgIpc) is 2.50. The summed E-state index contributed by atoms with van der Waals surface area (Å²) in [5, 5.41) is 8.65. The second kappa shape index (κ2) is 4.11. The van der Waals surface area contributed by atoms with E-state index in [0.717, 1.165) is 17.5 Å². The van der Waals surface area contributed by atoms with Crippen molar-refractivity contribution in [2.24, 2.45) is 11.7 Å². The SMILES string of the molecule is CC(C)Cc1cocc1C(N)C#N. The summed E-state index contributed by atoms with van der Waals surface area (Å²) in [6.45, 7) is 4.24. The molecule has 1 aromatic heterocycles. The third-order valence-corrected chi connectivity index (χ3v) is 1.88. The van der Waals surface area contributed by atoms with Crippen LogP contribution in [0.3, 0.4) is 0 Å². The number of hydrogen-bond donors (Lipinski definition) is 1. The summed E-state index contributed by atoms with van der Waals surface area (Å²) in [5.41, 5.74) is 7.46. The second-order valence-electron chi connectivity index (χ2n) is 3.56. The lowest BCUT2D eigenvalue weighted by atomic mass is 9.99. The Hall–Kier alpha value is -1.27. The lowest BCUT2D eigenvalue weighted by molar-refractivity contribution is 0.555. The minimum atomic E-state index is -0.563. The number of nitrogens with two attached hydrogens (primary N) is 1. The Morgan fingerprint density at radius 1 is 1.54 bits per heavy atom. The van der Waals surface area contributed by atoms with E-state index in [1.807, 2.05) is 6.07 Å². The maximum atomic E-state index is 8.65. The molecule has 0 fully saturated rings. The average molecular weight is 178 g/mol. The first-order valence-electron chi connectivity index (χ1n) is 4.35.